The van der Waals surface area contributed by atoms with Gasteiger partial charge in [0.25, 0.3) is 10.2 Å². The molecule has 0 saturated carbocycles. The van der Waals surface area contributed by atoms with E-state index < -0.39 is 22.2 Å². The summed E-state index contributed by atoms with van der Waals surface area (Å²) in [4.78, 5) is 10.3. The average molecular weight is 240 g/mol. The highest BCUT2D eigenvalue weighted by molar-refractivity contribution is 7.87. The van der Waals surface area contributed by atoms with Crippen molar-refractivity contribution >= 4 is 16.2 Å². The summed E-state index contributed by atoms with van der Waals surface area (Å²) < 4.78 is 26.5. The molecule has 9 heteroatoms. The Morgan fingerprint density at radius 3 is 2.33 bits per heavy atom. The van der Waals surface area contributed by atoms with Crippen LogP contribution >= 0.6 is 0 Å². The molecule has 0 aromatic carbocycles. The predicted molar refractivity (Wildman–Crippen MR) is 54.2 cm³/mol. The van der Waals surface area contributed by atoms with Gasteiger partial charge in [-0.05, 0) is 6.42 Å². The maximum atomic E-state index is 11.1. The standard InChI is InChI=1S/C6H16N4O4S/c7-2-4-10-15(13,14)9-3-1-5(8)6(11)12/h5,9-10H,1-4,7-8H2,(H,11,12)/t5-/m0/s1. The Hall–Kier alpha value is -0.740. The van der Waals surface area contributed by atoms with Gasteiger partial charge in [-0.1, -0.05) is 0 Å². The largest absolute Gasteiger partial charge is 0.480 e. The lowest BCUT2D eigenvalue weighted by Crippen LogP contribution is -2.41. The second-order valence-corrected chi connectivity index (χ2v) is 4.40. The molecule has 0 saturated heterocycles. The molecule has 0 aromatic rings. The molecule has 0 aromatic heterocycles. The first-order valence-electron chi connectivity index (χ1n) is 4.31. The number of aliphatic carboxylic acids is 1. The minimum absolute atomic E-state index is 0.0267. The second-order valence-electron chi connectivity index (χ2n) is 2.81. The molecule has 1 atom stereocenters. The van der Waals surface area contributed by atoms with Gasteiger partial charge in [0.15, 0.2) is 0 Å². The SMILES string of the molecule is NCCNS(=O)(=O)NCC[C@H](N)C(=O)O. The van der Waals surface area contributed by atoms with Crippen molar-refractivity contribution in [2.24, 2.45) is 11.5 Å². The Balaban J connectivity index is 3.80. The maximum absolute atomic E-state index is 11.1. The number of hydrogen-bond donors (Lipinski definition) is 5. The van der Waals surface area contributed by atoms with Crippen LogP contribution in [-0.2, 0) is 15.0 Å². The van der Waals surface area contributed by atoms with Crippen molar-refractivity contribution in [1.82, 2.24) is 9.44 Å². The summed E-state index contributed by atoms with van der Waals surface area (Å²) in [5.41, 5.74) is 10.3. The van der Waals surface area contributed by atoms with E-state index in [9.17, 15) is 13.2 Å². The molecule has 0 heterocycles. The summed E-state index contributed by atoms with van der Waals surface area (Å²) in [6, 6.07) is -1.07. The Morgan fingerprint density at radius 1 is 1.33 bits per heavy atom. The Kier molecular flexibility index (Phi) is 6.36. The van der Waals surface area contributed by atoms with Gasteiger partial charge >= 0.3 is 5.97 Å². The van der Waals surface area contributed by atoms with E-state index in [1.807, 2.05) is 0 Å². The molecule has 8 nitrogen and oxygen atoms in total. The van der Waals surface area contributed by atoms with E-state index >= 15 is 0 Å². The monoisotopic (exact) mass is 240 g/mol. The maximum Gasteiger partial charge on any atom is 0.320 e. The molecule has 15 heavy (non-hydrogen) atoms. The van der Waals surface area contributed by atoms with Crippen LogP contribution in [0, 0.1) is 0 Å². The lowest BCUT2D eigenvalue weighted by molar-refractivity contribution is -0.138. The fraction of sp³-hybridized carbons (Fsp3) is 0.833. The molecule has 0 unspecified atom stereocenters. The molecule has 7 N–H and O–H groups in total. The molecule has 0 spiro atoms. The van der Waals surface area contributed by atoms with Crippen LogP contribution < -0.4 is 20.9 Å². The number of hydrogen-bond acceptors (Lipinski definition) is 5. The van der Waals surface area contributed by atoms with Gasteiger partial charge in [-0.25, -0.2) is 9.44 Å². The normalized spacial score (nSPS) is 13.7. The quantitative estimate of drug-likeness (QED) is 0.309. The summed E-state index contributed by atoms with van der Waals surface area (Å²) in [6.45, 7) is 0.281. The third-order valence-electron chi connectivity index (χ3n) is 1.50. The third-order valence-corrected chi connectivity index (χ3v) is 2.67. The van der Waals surface area contributed by atoms with Crippen LogP contribution in [0.25, 0.3) is 0 Å². The molecule has 0 radical (unpaired) electrons. The minimum Gasteiger partial charge on any atom is -0.480 e. The van der Waals surface area contributed by atoms with Crippen LogP contribution in [0.3, 0.4) is 0 Å². The zero-order chi connectivity index (χ0) is 11.9. The van der Waals surface area contributed by atoms with Gasteiger partial charge in [0.05, 0.1) is 0 Å². The molecule has 0 aliphatic heterocycles. The molecule has 0 bridgehead atoms. The number of nitrogens with two attached hydrogens (primary N) is 2. The van der Waals surface area contributed by atoms with E-state index in [1.54, 1.807) is 0 Å². The minimum atomic E-state index is -3.59. The average Bonchev–Trinajstić information content (AvgIpc) is 2.14. The van der Waals surface area contributed by atoms with Crippen LogP contribution in [0.1, 0.15) is 6.42 Å². The van der Waals surface area contributed by atoms with Crippen molar-refractivity contribution in [3.8, 4) is 0 Å². The Morgan fingerprint density at radius 2 is 1.87 bits per heavy atom. The van der Waals surface area contributed by atoms with Crippen LogP contribution in [0.2, 0.25) is 0 Å². The van der Waals surface area contributed by atoms with Crippen molar-refractivity contribution in [1.29, 1.82) is 0 Å². The predicted octanol–water partition coefficient (Wildman–Crippen LogP) is -2.83. The Bertz CT molecular complexity index is 292. The van der Waals surface area contributed by atoms with Crippen LogP contribution in [0.4, 0.5) is 0 Å². The van der Waals surface area contributed by atoms with Gasteiger partial charge in [0, 0.05) is 19.6 Å². The van der Waals surface area contributed by atoms with E-state index in [0.29, 0.717) is 0 Å². The van der Waals surface area contributed by atoms with Crippen molar-refractivity contribution in [2.45, 2.75) is 12.5 Å². The van der Waals surface area contributed by atoms with E-state index in [2.05, 4.69) is 9.44 Å². The summed E-state index contributed by atoms with van der Waals surface area (Å²) >= 11 is 0. The molecular weight excluding hydrogens is 224 g/mol. The third kappa shape index (κ3) is 7.22. The van der Waals surface area contributed by atoms with E-state index in [1.165, 1.54) is 0 Å². The molecule has 0 fully saturated rings. The number of nitrogens with one attached hydrogen (secondary N) is 2. The van der Waals surface area contributed by atoms with Crippen molar-refractivity contribution < 1.29 is 18.3 Å². The van der Waals surface area contributed by atoms with Gasteiger partial charge < -0.3 is 16.6 Å². The van der Waals surface area contributed by atoms with Gasteiger partial charge in [0.1, 0.15) is 6.04 Å². The van der Waals surface area contributed by atoms with E-state index in [-0.39, 0.29) is 26.1 Å². The summed E-state index contributed by atoms with van der Waals surface area (Å²) in [5.74, 6) is -1.16. The molecule has 0 rings (SSSR count). The molecule has 90 valence electrons. The first-order chi connectivity index (χ1) is 6.89. The fourth-order valence-corrected chi connectivity index (χ4v) is 1.59. The van der Waals surface area contributed by atoms with E-state index in [0.717, 1.165) is 0 Å². The molecule has 0 aliphatic carbocycles. The van der Waals surface area contributed by atoms with Crippen molar-refractivity contribution in [3.05, 3.63) is 0 Å². The van der Waals surface area contributed by atoms with Crippen LogP contribution in [0.15, 0.2) is 0 Å². The summed E-state index contributed by atoms with van der Waals surface area (Å²) in [6.07, 6.45) is 0.0267. The van der Waals surface area contributed by atoms with Crippen LogP contribution in [-0.4, -0.2) is 45.2 Å². The summed E-state index contributed by atoms with van der Waals surface area (Å²) in [7, 11) is -3.59. The summed E-state index contributed by atoms with van der Waals surface area (Å²) in [5, 5.41) is 8.42. The molecule has 0 aliphatic rings. The number of carbonyl (C=O) groups is 1. The highest BCUT2D eigenvalue weighted by Gasteiger charge is 2.13. The Labute approximate surface area is 88.2 Å². The lowest BCUT2D eigenvalue weighted by atomic mass is 10.2. The molecular formula is C6H16N4O4S. The number of rotatable bonds is 8. The van der Waals surface area contributed by atoms with Crippen molar-refractivity contribution in [2.75, 3.05) is 19.6 Å². The zero-order valence-electron chi connectivity index (χ0n) is 8.14. The zero-order valence-corrected chi connectivity index (χ0v) is 8.96. The lowest BCUT2D eigenvalue weighted by Gasteiger charge is -2.08. The second kappa shape index (κ2) is 6.69. The van der Waals surface area contributed by atoms with Gasteiger partial charge in [0.2, 0.25) is 0 Å². The fourth-order valence-electron chi connectivity index (χ4n) is 0.717. The van der Waals surface area contributed by atoms with Crippen molar-refractivity contribution in [3.63, 3.8) is 0 Å². The van der Waals surface area contributed by atoms with Crippen LogP contribution in [0.5, 0.6) is 0 Å². The number of carboxylic acid groups (broad SMARTS) is 1. The first-order valence-corrected chi connectivity index (χ1v) is 5.80. The topological polar surface area (TPSA) is 148 Å². The smallest absolute Gasteiger partial charge is 0.320 e. The van der Waals surface area contributed by atoms with Gasteiger partial charge in [-0.15, -0.1) is 0 Å². The molecule has 0 amide bonds. The van der Waals surface area contributed by atoms with E-state index in [4.69, 9.17) is 16.6 Å². The highest BCUT2D eigenvalue weighted by Crippen LogP contribution is 1.87. The van der Waals surface area contributed by atoms with Gasteiger partial charge in [-0.3, -0.25) is 4.79 Å². The number of carboxylic acids is 1. The highest BCUT2D eigenvalue weighted by atomic mass is 32.2. The van der Waals surface area contributed by atoms with Gasteiger partial charge in [-0.2, -0.15) is 8.42 Å². The first kappa shape index (κ1) is 14.3.